The second-order valence-corrected chi connectivity index (χ2v) is 5.40. The van der Waals surface area contributed by atoms with Crippen molar-refractivity contribution in [3.8, 4) is 5.75 Å². The number of rotatable bonds is 3. The molecular formula is C14H18N2O4. The maximum Gasteiger partial charge on any atom is 0.262 e. The van der Waals surface area contributed by atoms with Gasteiger partial charge in [-0.1, -0.05) is 0 Å². The Labute approximate surface area is 117 Å². The molecule has 1 aliphatic rings. The number of ether oxygens (including phenoxy) is 1. The molecule has 108 valence electrons. The molecule has 1 unspecified atom stereocenters. The zero-order chi connectivity index (χ0) is 14.9. The molecule has 0 saturated heterocycles. The number of hydrogen-bond donors (Lipinski definition) is 3. The van der Waals surface area contributed by atoms with Gasteiger partial charge in [0, 0.05) is 5.56 Å². The molecule has 3 N–H and O–H groups in total. The maximum atomic E-state index is 12.1. The smallest absolute Gasteiger partial charge is 0.262 e. The number of carbonyl (C=O) groups is 2. The van der Waals surface area contributed by atoms with Crippen LogP contribution in [0.25, 0.3) is 0 Å². The summed E-state index contributed by atoms with van der Waals surface area (Å²) in [5.74, 6) is -0.0590. The molecule has 1 aliphatic heterocycles. The van der Waals surface area contributed by atoms with E-state index >= 15 is 0 Å². The van der Waals surface area contributed by atoms with Crippen LogP contribution in [-0.4, -0.2) is 35.2 Å². The number of hydrogen-bond acceptors (Lipinski definition) is 4. The van der Waals surface area contributed by atoms with Gasteiger partial charge >= 0.3 is 0 Å². The van der Waals surface area contributed by atoms with Gasteiger partial charge in [0.2, 0.25) is 0 Å². The van der Waals surface area contributed by atoms with E-state index in [-0.39, 0.29) is 18.4 Å². The number of fused-ring (bicyclic) bond motifs is 1. The molecule has 1 heterocycles. The second kappa shape index (κ2) is 5.13. The van der Waals surface area contributed by atoms with Crippen LogP contribution < -0.4 is 15.4 Å². The van der Waals surface area contributed by atoms with Crippen LogP contribution in [0, 0.1) is 0 Å². The van der Waals surface area contributed by atoms with E-state index in [2.05, 4.69) is 10.6 Å². The summed E-state index contributed by atoms with van der Waals surface area (Å²) in [5.41, 5.74) is 0.225. The number of benzene rings is 1. The minimum absolute atomic E-state index is 0.0583. The van der Waals surface area contributed by atoms with Crippen LogP contribution in [0.5, 0.6) is 5.75 Å². The third kappa shape index (κ3) is 2.91. The Hall–Kier alpha value is -2.08. The van der Waals surface area contributed by atoms with E-state index in [1.807, 2.05) is 0 Å². The van der Waals surface area contributed by atoms with Crippen LogP contribution in [0.4, 0.5) is 5.69 Å². The fourth-order valence-corrected chi connectivity index (χ4v) is 1.69. The minimum Gasteiger partial charge on any atom is -0.482 e. The Bertz CT molecular complexity index is 552. The Kier molecular flexibility index (Phi) is 3.67. The van der Waals surface area contributed by atoms with Crippen molar-refractivity contribution in [3.05, 3.63) is 23.8 Å². The van der Waals surface area contributed by atoms with Crippen molar-refractivity contribution in [1.82, 2.24) is 5.32 Å². The van der Waals surface area contributed by atoms with E-state index in [4.69, 9.17) is 4.74 Å². The molecule has 1 atom stereocenters. The lowest BCUT2D eigenvalue weighted by atomic mass is 9.98. The molecular weight excluding hydrogens is 260 g/mol. The molecule has 0 fully saturated rings. The highest BCUT2D eigenvalue weighted by Crippen LogP contribution is 2.28. The molecule has 6 nitrogen and oxygen atoms in total. The van der Waals surface area contributed by atoms with Crippen LogP contribution >= 0.6 is 0 Å². The SMILES string of the molecule is CC(O)C(C)(C)NC(=O)c1ccc2c(c1)OCC(=O)N2. The first kappa shape index (κ1) is 14.3. The van der Waals surface area contributed by atoms with E-state index in [0.29, 0.717) is 17.0 Å². The topological polar surface area (TPSA) is 87.7 Å². The Balaban J connectivity index is 2.18. The second-order valence-electron chi connectivity index (χ2n) is 5.40. The minimum atomic E-state index is -0.734. The fourth-order valence-electron chi connectivity index (χ4n) is 1.69. The standard InChI is InChI=1S/C14H18N2O4/c1-8(17)14(2,3)16-13(19)9-4-5-10-11(6-9)20-7-12(18)15-10/h4-6,8,17H,7H2,1-3H3,(H,15,18)(H,16,19). The van der Waals surface area contributed by atoms with Gasteiger partial charge in [-0.15, -0.1) is 0 Å². The summed E-state index contributed by atoms with van der Waals surface area (Å²) in [4.78, 5) is 23.3. The molecule has 0 aliphatic carbocycles. The van der Waals surface area contributed by atoms with Crippen LogP contribution in [0.15, 0.2) is 18.2 Å². The quantitative estimate of drug-likeness (QED) is 0.766. The van der Waals surface area contributed by atoms with Gasteiger partial charge in [0.15, 0.2) is 6.61 Å². The van der Waals surface area contributed by atoms with Crippen molar-refractivity contribution in [3.63, 3.8) is 0 Å². The predicted molar refractivity (Wildman–Crippen MR) is 73.8 cm³/mol. The number of aliphatic hydroxyl groups is 1. The van der Waals surface area contributed by atoms with E-state index in [1.54, 1.807) is 39.0 Å². The maximum absolute atomic E-state index is 12.1. The van der Waals surface area contributed by atoms with Gasteiger partial charge in [0.1, 0.15) is 5.75 Å². The van der Waals surface area contributed by atoms with Gasteiger partial charge < -0.3 is 20.5 Å². The van der Waals surface area contributed by atoms with E-state index in [1.165, 1.54) is 0 Å². The van der Waals surface area contributed by atoms with Gasteiger partial charge in [-0.25, -0.2) is 0 Å². The summed E-state index contributed by atoms with van der Waals surface area (Å²) < 4.78 is 5.26. The van der Waals surface area contributed by atoms with Gasteiger partial charge in [-0.3, -0.25) is 9.59 Å². The average molecular weight is 278 g/mol. The fraction of sp³-hybridized carbons (Fsp3) is 0.429. The number of anilines is 1. The lowest BCUT2D eigenvalue weighted by Gasteiger charge is -2.29. The summed E-state index contributed by atoms with van der Waals surface area (Å²) in [6.07, 6.45) is -0.681. The molecule has 0 radical (unpaired) electrons. The summed E-state index contributed by atoms with van der Waals surface area (Å²) in [7, 11) is 0. The van der Waals surface area contributed by atoms with Crippen LogP contribution in [-0.2, 0) is 4.79 Å². The zero-order valence-corrected chi connectivity index (χ0v) is 11.7. The first-order valence-electron chi connectivity index (χ1n) is 6.37. The van der Waals surface area contributed by atoms with Crippen LogP contribution in [0.1, 0.15) is 31.1 Å². The first-order valence-corrected chi connectivity index (χ1v) is 6.37. The Morgan fingerprint density at radius 1 is 1.50 bits per heavy atom. The zero-order valence-electron chi connectivity index (χ0n) is 11.7. The highest BCUT2D eigenvalue weighted by molar-refractivity contribution is 5.99. The molecule has 20 heavy (non-hydrogen) atoms. The number of aliphatic hydroxyl groups excluding tert-OH is 1. The van der Waals surface area contributed by atoms with Crippen molar-refractivity contribution >= 4 is 17.5 Å². The number of amides is 2. The summed E-state index contributed by atoms with van der Waals surface area (Å²) in [6.45, 7) is 5.04. The molecule has 0 aromatic heterocycles. The van der Waals surface area contributed by atoms with Gasteiger partial charge in [0.25, 0.3) is 11.8 Å². The molecule has 6 heteroatoms. The van der Waals surface area contributed by atoms with Crippen molar-refractivity contribution in [2.75, 3.05) is 11.9 Å². The van der Waals surface area contributed by atoms with E-state index < -0.39 is 11.6 Å². The highest BCUT2D eigenvalue weighted by atomic mass is 16.5. The predicted octanol–water partition coefficient (Wildman–Crippen LogP) is 0.907. The Morgan fingerprint density at radius 3 is 2.85 bits per heavy atom. The molecule has 2 rings (SSSR count). The summed E-state index contributed by atoms with van der Waals surface area (Å²) >= 11 is 0. The largest absolute Gasteiger partial charge is 0.482 e. The molecule has 1 aromatic rings. The van der Waals surface area contributed by atoms with E-state index in [9.17, 15) is 14.7 Å². The normalized spacial score (nSPS) is 15.7. The summed E-state index contributed by atoms with van der Waals surface area (Å²) in [6, 6.07) is 4.79. The van der Waals surface area contributed by atoms with Crippen LogP contribution in [0.3, 0.4) is 0 Å². The average Bonchev–Trinajstić information content (AvgIpc) is 2.37. The third-order valence-electron chi connectivity index (χ3n) is 3.36. The van der Waals surface area contributed by atoms with Crippen LogP contribution in [0.2, 0.25) is 0 Å². The molecule has 1 aromatic carbocycles. The van der Waals surface area contributed by atoms with Gasteiger partial charge in [-0.2, -0.15) is 0 Å². The van der Waals surface area contributed by atoms with Gasteiger partial charge in [0.05, 0.1) is 17.3 Å². The third-order valence-corrected chi connectivity index (χ3v) is 3.36. The highest BCUT2D eigenvalue weighted by Gasteiger charge is 2.27. The molecule has 0 bridgehead atoms. The lowest BCUT2D eigenvalue weighted by Crippen LogP contribution is -2.51. The monoisotopic (exact) mass is 278 g/mol. The molecule has 0 spiro atoms. The molecule has 0 saturated carbocycles. The lowest BCUT2D eigenvalue weighted by molar-refractivity contribution is -0.118. The number of nitrogens with one attached hydrogen (secondary N) is 2. The Morgan fingerprint density at radius 2 is 2.20 bits per heavy atom. The van der Waals surface area contributed by atoms with Crippen molar-refractivity contribution in [2.24, 2.45) is 0 Å². The van der Waals surface area contributed by atoms with Crippen molar-refractivity contribution < 1.29 is 19.4 Å². The van der Waals surface area contributed by atoms with Crippen molar-refractivity contribution in [2.45, 2.75) is 32.4 Å². The number of carbonyl (C=O) groups excluding carboxylic acids is 2. The summed E-state index contributed by atoms with van der Waals surface area (Å²) in [5, 5.41) is 15.0. The van der Waals surface area contributed by atoms with Crippen molar-refractivity contribution in [1.29, 1.82) is 0 Å². The van der Waals surface area contributed by atoms with E-state index in [0.717, 1.165) is 0 Å². The molecule has 2 amide bonds. The first-order chi connectivity index (χ1) is 9.29. The van der Waals surface area contributed by atoms with Gasteiger partial charge in [-0.05, 0) is 39.0 Å².